The second kappa shape index (κ2) is 10.2. The Morgan fingerprint density at radius 3 is 2.29 bits per heavy atom. The molecule has 0 aliphatic carbocycles. The van der Waals surface area contributed by atoms with E-state index in [0.717, 1.165) is 11.3 Å². The van der Waals surface area contributed by atoms with Crippen molar-refractivity contribution in [3.63, 3.8) is 0 Å². The van der Waals surface area contributed by atoms with Crippen LogP contribution < -0.4 is 4.80 Å². The standard InChI is InChI=1S/C25H19N3O6S/c1-2-34-22(29)15-27-20-13-12-19(28(32)33)14-21(20)35-25(27)26-24(31)18-10-8-17(9-11-18)23(30)16-6-4-3-5-7-16/h3-14H,2,15H2,1H3. The molecule has 1 amide bonds. The van der Waals surface area contributed by atoms with Crippen LogP contribution in [0.25, 0.3) is 10.2 Å². The van der Waals surface area contributed by atoms with Gasteiger partial charge in [0.05, 0.1) is 21.7 Å². The molecule has 4 rings (SSSR count). The van der Waals surface area contributed by atoms with E-state index in [9.17, 15) is 24.5 Å². The Morgan fingerprint density at radius 2 is 1.63 bits per heavy atom. The third-order valence-electron chi connectivity index (χ3n) is 5.10. The molecule has 1 aromatic heterocycles. The molecule has 0 saturated carbocycles. The van der Waals surface area contributed by atoms with Crippen LogP contribution in [0.3, 0.4) is 0 Å². The summed E-state index contributed by atoms with van der Waals surface area (Å²) in [6, 6.07) is 19.1. The summed E-state index contributed by atoms with van der Waals surface area (Å²) in [6.07, 6.45) is 0. The molecule has 9 nitrogen and oxygen atoms in total. The van der Waals surface area contributed by atoms with Crippen LogP contribution in [-0.4, -0.2) is 33.8 Å². The molecule has 0 radical (unpaired) electrons. The number of ether oxygens (including phenoxy) is 1. The number of rotatable bonds is 7. The Kier molecular flexibility index (Phi) is 6.93. The summed E-state index contributed by atoms with van der Waals surface area (Å²) < 4.78 is 7.01. The zero-order valence-electron chi connectivity index (χ0n) is 18.5. The number of nitro benzene ring substituents is 1. The molecule has 1 heterocycles. The lowest BCUT2D eigenvalue weighted by molar-refractivity contribution is -0.384. The van der Waals surface area contributed by atoms with Crippen molar-refractivity contribution in [1.82, 2.24) is 4.57 Å². The fraction of sp³-hybridized carbons (Fsp3) is 0.120. The van der Waals surface area contributed by atoms with E-state index in [2.05, 4.69) is 4.99 Å². The lowest BCUT2D eigenvalue weighted by Gasteiger charge is -2.05. The van der Waals surface area contributed by atoms with Crippen molar-refractivity contribution in [3.05, 3.63) is 104 Å². The average molecular weight is 490 g/mol. The third kappa shape index (κ3) is 5.22. The molecule has 0 unspecified atom stereocenters. The molecule has 0 bridgehead atoms. The van der Waals surface area contributed by atoms with Gasteiger partial charge in [-0.05, 0) is 25.1 Å². The zero-order chi connectivity index (χ0) is 24.9. The van der Waals surface area contributed by atoms with Gasteiger partial charge in [0.1, 0.15) is 6.54 Å². The van der Waals surface area contributed by atoms with Crippen molar-refractivity contribution in [2.45, 2.75) is 13.5 Å². The predicted octanol–water partition coefficient (Wildman–Crippen LogP) is 4.15. The van der Waals surface area contributed by atoms with Crippen LogP contribution in [0.4, 0.5) is 5.69 Å². The van der Waals surface area contributed by atoms with Crippen molar-refractivity contribution in [1.29, 1.82) is 0 Å². The number of aromatic nitrogens is 1. The maximum Gasteiger partial charge on any atom is 0.326 e. The molecule has 176 valence electrons. The lowest BCUT2D eigenvalue weighted by Crippen LogP contribution is -2.23. The average Bonchev–Trinajstić information content (AvgIpc) is 3.20. The number of amides is 1. The van der Waals surface area contributed by atoms with Gasteiger partial charge in [-0.1, -0.05) is 53.8 Å². The predicted molar refractivity (Wildman–Crippen MR) is 129 cm³/mol. The van der Waals surface area contributed by atoms with Crippen LogP contribution in [0.1, 0.15) is 33.2 Å². The van der Waals surface area contributed by atoms with E-state index in [1.807, 2.05) is 6.07 Å². The smallest absolute Gasteiger partial charge is 0.326 e. The first-order chi connectivity index (χ1) is 16.9. The number of carbonyl (C=O) groups excluding carboxylic acids is 3. The monoisotopic (exact) mass is 489 g/mol. The van der Waals surface area contributed by atoms with Crippen LogP contribution >= 0.6 is 11.3 Å². The van der Waals surface area contributed by atoms with Crippen LogP contribution in [-0.2, 0) is 16.1 Å². The molecule has 0 fully saturated rings. The summed E-state index contributed by atoms with van der Waals surface area (Å²) in [5, 5.41) is 11.2. The molecule has 35 heavy (non-hydrogen) atoms. The minimum Gasteiger partial charge on any atom is -0.465 e. The lowest BCUT2D eigenvalue weighted by atomic mass is 10.0. The SMILES string of the molecule is CCOC(=O)Cn1c(=NC(=O)c2ccc(C(=O)c3ccccc3)cc2)sc2cc([N+](=O)[O-])ccc21. The first kappa shape index (κ1) is 23.7. The minimum atomic E-state index is -0.581. The topological polar surface area (TPSA) is 121 Å². The summed E-state index contributed by atoms with van der Waals surface area (Å²) >= 11 is 1.05. The fourth-order valence-corrected chi connectivity index (χ4v) is 4.48. The number of hydrogen-bond acceptors (Lipinski definition) is 7. The van der Waals surface area contributed by atoms with Gasteiger partial charge in [-0.3, -0.25) is 24.5 Å². The highest BCUT2D eigenvalue weighted by molar-refractivity contribution is 7.16. The second-order valence-electron chi connectivity index (χ2n) is 7.37. The van der Waals surface area contributed by atoms with Gasteiger partial charge in [-0.15, -0.1) is 0 Å². The summed E-state index contributed by atoms with van der Waals surface area (Å²) in [5.41, 5.74) is 1.62. The molecular weight excluding hydrogens is 470 g/mol. The Hall–Kier alpha value is -4.44. The number of ketones is 1. The first-order valence-corrected chi connectivity index (χ1v) is 11.4. The van der Waals surface area contributed by atoms with Gasteiger partial charge in [-0.25, -0.2) is 0 Å². The van der Waals surface area contributed by atoms with Crippen LogP contribution in [0.2, 0.25) is 0 Å². The van der Waals surface area contributed by atoms with E-state index >= 15 is 0 Å². The molecule has 4 aromatic rings. The highest BCUT2D eigenvalue weighted by atomic mass is 32.1. The third-order valence-corrected chi connectivity index (χ3v) is 6.14. The Balaban J connectivity index is 1.69. The van der Waals surface area contributed by atoms with Crippen LogP contribution in [0, 0.1) is 10.1 Å². The number of benzene rings is 3. The molecule has 0 spiro atoms. The van der Waals surface area contributed by atoms with E-state index in [1.165, 1.54) is 34.9 Å². The number of carbonyl (C=O) groups is 3. The van der Waals surface area contributed by atoms with Gasteiger partial charge in [0.15, 0.2) is 10.6 Å². The summed E-state index contributed by atoms with van der Waals surface area (Å²) in [5.74, 6) is -1.27. The molecule has 0 aliphatic heterocycles. The molecule has 0 N–H and O–H groups in total. The molecule has 10 heteroatoms. The highest BCUT2D eigenvalue weighted by Crippen LogP contribution is 2.23. The van der Waals surface area contributed by atoms with Crippen LogP contribution in [0.5, 0.6) is 0 Å². The largest absolute Gasteiger partial charge is 0.465 e. The summed E-state index contributed by atoms with van der Waals surface area (Å²) in [7, 11) is 0. The van der Waals surface area contributed by atoms with Gasteiger partial charge in [0.25, 0.3) is 11.6 Å². The summed E-state index contributed by atoms with van der Waals surface area (Å²) in [4.78, 5) is 52.6. The number of esters is 1. The quantitative estimate of drug-likeness (QED) is 0.166. The minimum absolute atomic E-state index is 0.112. The van der Waals surface area contributed by atoms with E-state index < -0.39 is 16.8 Å². The number of nitro groups is 1. The summed E-state index contributed by atoms with van der Waals surface area (Å²) in [6.45, 7) is 1.66. The normalized spacial score (nSPS) is 11.4. The Morgan fingerprint density at radius 1 is 0.971 bits per heavy atom. The van der Waals surface area contributed by atoms with Gasteiger partial charge < -0.3 is 9.30 Å². The van der Waals surface area contributed by atoms with Crippen molar-refractivity contribution < 1.29 is 24.0 Å². The van der Waals surface area contributed by atoms with Crippen molar-refractivity contribution in [2.24, 2.45) is 4.99 Å². The molecule has 0 aliphatic rings. The van der Waals surface area contributed by atoms with Gasteiger partial charge >= 0.3 is 5.97 Å². The number of nitrogens with zero attached hydrogens (tertiary/aromatic N) is 3. The van der Waals surface area contributed by atoms with E-state index in [1.54, 1.807) is 43.3 Å². The van der Waals surface area contributed by atoms with E-state index in [0.29, 0.717) is 21.3 Å². The Labute approximate surface area is 203 Å². The van der Waals surface area contributed by atoms with Crippen molar-refractivity contribution in [2.75, 3.05) is 6.61 Å². The van der Waals surface area contributed by atoms with Crippen molar-refractivity contribution in [3.8, 4) is 0 Å². The van der Waals surface area contributed by atoms with E-state index in [-0.39, 0.29) is 35.0 Å². The molecule has 3 aromatic carbocycles. The first-order valence-electron chi connectivity index (χ1n) is 10.6. The van der Waals surface area contributed by atoms with Crippen LogP contribution in [0.15, 0.2) is 77.8 Å². The molecular formula is C25H19N3O6S. The van der Waals surface area contributed by atoms with Gasteiger partial charge in [0.2, 0.25) is 0 Å². The maximum absolute atomic E-state index is 12.9. The maximum atomic E-state index is 12.9. The van der Waals surface area contributed by atoms with E-state index in [4.69, 9.17) is 4.74 Å². The number of hydrogen-bond donors (Lipinski definition) is 0. The number of thiazole rings is 1. The highest BCUT2D eigenvalue weighted by Gasteiger charge is 2.16. The zero-order valence-corrected chi connectivity index (χ0v) is 19.4. The Bertz CT molecular complexity index is 1500. The number of non-ortho nitro benzene ring substituents is 1. The number of fused-ring (bicyclic) bond motifs is 1. The van der Waals surface area contributed by atoms with Crippen molar-refractivity contribution >= 4 is 44.9 Å². The fourth-order valence-electron chi connectivity index (χ4n) is 3.42. The second-order valence-corrected chi connectivity index (χ2v) is 8.38. The molecule has 0 saturated heterocycles. The van der Waals surface area contributed by atoms with Gasteiger partial charge in [0, 0.05) is 28.8 Å². The van der Waals surface area contributed by atoms with Gasteiger partial charge in [-0.2, -0.15) is 4.99 Å². The molecule has 0 atom stereocenters.